The number of ketones is 1. The van der Waals surface area contributed by atoms with Crippen molar-refractivity contribution in [3.63, 3.8) is 0 Å². The van der Waals surface area contributed by atoms with Crippen LogP contribution in [-0.4, -0.2) is 121 Å². The number of aromatic nitrogens is 3. The van der Waals surface area contributed by atoms with Gasteiger partial charge in [-0.3, -0.25) is 9.59 Å². The van der Waals surface area contributed by atoms with Crippen LogP contribution in [0.1, 0.15) is 71.8 Å². The average Bonchev–Trinajstić information content (AvgIpc) is 3.94. The van der Waals surface area contributed by atoms with E-state index in [4.69, 9.17) is 33.2 Å². The number of methoxy groups -OCH3 is 4. The molecule has 16 atom stereocenters. The number of esters is 1. The van der Waals surface area contributed by atoms with Crippen molar-refractivity contribution in [2.24, 2.45) is 35.5 Å². The van der Waals surface area contributed by atoms with Gasteiger partial charge in [-0.05, 0) is 93.0 Å². The molecule has 56 heavy (non-hydrogen) atoms. The first kappa shape index (κ1) is 40.9. The molecule has 2 aliphatic heterocycles. The van der Waals surface area contributed by atoms with Crippen LogP contribution in [-0.2, 0) is 38.0 Å². The van der Waals surface area contributed by atoms with E-state index >= 15 is 0 Å². The Kier molecular flexibility index (Phi) is 12.7. The van der Waals surface area contributed by atoms with Gasteiger partial charge >= 0.3 is 5.97 Å². The molecule has 2 N–H and O–H groups in total. The largest absolute Gasteiger partial charge is 0.497 e. The summed E-state index contributed by atoms with van der Waals surface area (Å²) in [6, 6.07) is 7.00. The summed E-state index contributed by atoms with van der Waals surface area (Å²) < 4.78 is 43.7. The number of hydrogen-bond donors (Lipinski definition) is 2. The van der Waals surface area contributed by atoms with Gasteiger partial charge in [-0.25, -0.2) is 4.68 Å². The Morgan fingerprint density at radius 1 is 0.929 bits per heavy atom. The molecule has 14 nitrogen and oxygen atoms in total. The van der Waals surface area contributed by atoms with Crippen molar-refractivity contribution in [2.75, 3.05) is 28.4 Å². The van der Waals surface area contributed by atoms with Crippen LogP contribution in [0.5, 0.6) is 5.75 Å². The first-order valence-electron chi connectivity index (χ1n) is 20.3. The van der Waals surface area contributed by atoms with Gasteiger partial charge in [0.15, 0.2) is 12.1 Å². The zero-order valence-corrected chi connectivity index (χ0v) is 33.6. The number of cyclic esters (lactones) is 1. The van der Waals surface area contributed by atoms with Crippen LogP contribution in [0.3, 0.4) is 0 Å². The van der Waals surface area contributed by atoms with Gasteiger partial charge < -0.3 is 43.4 Å². The Bertz CT molecular complexity index is 1700. The standard InChI is InChI=1S/C42H59N3O11/c1-8-24-10-9-11-33(46)21(2)37(48)31-18-28-27-16-26(56-42-41(53-7)40(52-6)39(51-5)22(3)54-42)17-30(27)36(38(49)35(28)29(31)19-34(47)55-24)45-20-32(43-44-45)23-12-14-25(50-4)15-13-23/h12-15,18,20-22,24,26-30,33,35-36,38-42,46,49H,8-11,16-17,19H2,1-7H3/t21-,22?,24+,26+,27+,28+,29-,30-,33+,35-,36?,38?,39+,40?,41?,42+/m1/s1. The number of fused-ring (bicyclic) bond motifs is 5. The maximum Gasteiger partial charge on any atom is 0.306 e. The molecule has 7 rings (SSSR count). The van der Waals surface area contributed by atoms with Gasteiger partial charge in [-0.1, -0.05) is 25.1 Å². The first-order valence-corrected chi connectivity index (χ1v) is 20.3. The lowest BCUT2D eigenvalue weighted by Gasteiger charge is -2.46. The lowest BCUT2D eigenvalue weighted by atomic mass is 9.62. The Balaban J connectivity index is 1.25. The van der Waals surface area contributed by atoms with Crippen molar-refractivity contribution in [3.05, 3.63) is 42.1 Å². The van der Waals surface area contributed by atoms with Crippen LogP contribution >= 0.6 is 0 Å². The summed E-state index contributed by atoms with van der Waals surface area (Å²) in [5, 5.41) is 33.0. The van der Waals surface area contributed by atoms with Crippen molar-refractivity contribution in [2.45, 2.75) is 127 Å². The predicted octanol–water partition coefficient (Wildman–Crippen LogP) is 4.32. The number of hydrogen-bond acceptors (Lipinski definition) is 13. The van der Waals surface area contributed by atoms with E-state index in [2.05, 4.69) is 10.3 Å². The molecule has 0 bridgehead atoms. The van der Waals surface area contributed by atoms with E-state index in [1.165, 1.54) is 0 Å². The zero-order chi connectivity index (χ0) is 39.8. The van der Waals surface area contributed by atoms with Crippen LogP contribution in [0, 0.1) is 35.5 Å². The SMILES string of the molecule is CC[C@H]1CCC[C@H](O)[C@@H](C)C(=O)C2=C[C@H]3[C@@H]4C[C@H](O[C@@H]5OC(C)[C@H](OC)C(OC)C5OC)C[C@H]4C(n4cc(-c5ccc(OC)cc5)nn4)C(O)[C@H]3[C@@H]2CC(=O)O1. The lowest BCUT2D eigenvalue weighted by Crippen LogP contribution is -2.59. The van der Waals surface area contributed by atoms with Crippen molar-refractivity contribution in [1.82, 2.24) is 15.0 Å². The van der Waals surface area contributed by atoms with E-state index in [-0.39, 0.29) is 60.3 Å². The van der Waals surface area contributed by atoms with Gasteiger partial charge in [-0.15, -0.1) is 5.10 Å². The Morgan fingerprint density at radius 3 is 2.32 bits per heavy atom. The molecule has 1 aromatic heterocycles. The normalized spacial score (nSPS) is 40.4. The monoisotopic (exact) mass is 781 g/mol. The van der Waals surface area contributed by atoms with Gasteiger partial charge in [0, 0.05) is 44.6 Å². The molecular weight excluding hydrogens is 722 g/mol. The number of allylic oxidation sites excluding steroid dienone is 2. The lowest BCUT2D eigenvalue weighted by molar-refractivity contribution is -0.314. The quantitative estimate of drug-likeness (QED) is 0.346. The summed E-state index contributed by atoms with van der Waals surface area (Å²) in [5.74, 6) is -2.04. The van der Waals surface area contributed by atoms with E-state index in [1.807, 2.05) is 50.4 Å². The average molecular weight is 782 g/mol. The van der Waals surface area contributed by atoms with E-state index in [1.54, 1.807) is 40.0 Å². The summed E-state index contributed by atoms with van der Waals surface area (Å²) in [6.07, 6.45) is 2.49. The Morgan fingerprint density at radius 2 is 1.64 bits per heavy atom. The second-order valence-corrected chi connectivity index (χ2v) is 16.4. The smallest absolute Gasteiger partial charge is 0.306 e. The van der Waals surface area contributed by atoms with Crippen molar-refractivity contribution in [1.29, 1.82) is 0 Å². The number of nitrogens with zero attached hydrogens (tertiary/aromatic N) is 3. The molecule has 0 spiro atoms. The minimum Gasteiger partial charge on any atom is -0.497 e. The summed E-state index contributed by atoms with van der Waals surface area (Å²) in [5.41, 5.74) is 1.98. The molecule has 3 heterocycles. The summed E-state index contributed by atoms with van der Waals surface area (Å²) in [7, 11) is 6.46. The molecule has 2 saturated heterocycles. The molecule has 14 heteroatoms. The van der Waals surface area contributed by atoms with Gasteiger partial charge in [0.25, 0.3) is 0 Å². The molecule has 3 aliphatic carbocycles. The number of rotatable bonds is 9. The third-order valence-corrected chi connectivity index (χ3v) is 13.5. The highest BCUT2D eigenvalue weighted by Gasteiger charge is 2.60. The fraction of sp³-hybridized carbons (Fsp3) is 0.714. The highest BCUT2D eigenvalue weighted by molar-refractivity contribution is 5.99. The van der Waals surface area contributed by atoms with Crippen LogP contribution in [0.2, 0.25) is 0 Å². The predicted molar refractivity (Wildman–Crippen MR) is 202 cm³/mol. The summed E-state index contributed by atoms with van der Waals surface area (Å²) >= 11 is 0. The van der Waals surface area contributed by atoms with Crippen molar-refractivity contribution >= 4 is 11.8 Å². The molecule has 4 fully saturated rings. The third-order valence-electron chi connectivity index (χ3n) is 13.5. The van der Waals surface area contributed by atoms with Gasteiger partial charge in [-0.2, -0.15) is 0 Å². The van der Waals surface area contributed by atoms with Crippen LogP contribution in [0.15, 0.2) is 42.1 Å². The summed E-state index contributed by atoms with van der Waals surface area (Å²) in [4.78, 5) is 28.0. The second kappa shape index (κ2) is 17.3. The van der Waals surface area contributed by atoms with Crippen molar-refractivity contribution in [3.8, 4) is 17.0 Å². The molecule has 5 unspecified atom stereocenters. The van der Waals surface area contributed by atoms with Gasteiger partial charge in [0.05, 0.1) is 50.2 Å². The fourth-order valence-electron chi connectivity index (χ4n) is 10.6. The highest BCUT2D eigenvalue weighted by atomic mass is 16.7. The van der Waals surface area contributed by atoms with Crippen molar-refractivity contribution < 1.29 is 53.0 Å². The maximum absolute atomic E-state index is 14.3. The van der Waals surface area contributed by atoms with E-state index in [0.29, 0.717) is 49.8 Å². The van der Waals surface area contributed by atoms with Crippen LogP contribution in [0.25, 0.3) is 11.3 Å². The summed E-state index contributed by atoms with van der Waals surface area (Å²) in [6.45, 7) is 5.67. The Hall–Kier alpha value is -3.24. The van der Waals surface area contributed by atoms with E-state index in [0.717, 1.165) is 11.3 Å². The molecule has 308 valence electrons. The zero-order valence-electron chi connectivity index (χ0n) is 33.6. The topological polar surface area (TPSA) is 170 Å². The number of benzene rings is 1. The Labute approximate surface area is 329 Å². The number of aliphatic hydroxyl groups is 2. The molecule has 5 aliphatic rings. The van der Waals surface area contributed by atoms with E-state index < -0.39 is 54.5 Å². The number of carbonyl (C=O) groups is 2. The van der Waals surface area contributed by atoms with E-state index in [9.17, 15) is 19.8 Å². The molecular formula is C42H59N3O11. The minimum absolute atomic E-state index is 0.0456. The first-order chi connectivity index (χ1) is 27.0. The maximum atomic E-state index is 14.3. The molecule has 1 aromatic carbocycles. The van der Waals surface area contributed by atoms with Crippen LogP contribution < -0.4 is 4.74 Å². The van der Waals surface area contributed by atoms with Gasteiger partial charge in [0.2, 0.25) is 0 Å². The number of aliphatic hydroxyl groups excluding tert-OH is 2. The molecule has 0 amide bonds. The van der Waals surface area contributed by atoms with Gasteiger partial charge in [0.1, 0.15) is 35.9 Å². The number of ether oxygens (including phenoxy) is 7. The fourth-order valence-corrected chi connectivity index (χ4v) is 10.6. The second-order valence-electron chi connectivity index (χ2n) is 16.4. The molecule has 2 aromatic rings. The van der Waals surface area contributed by atoms with Crippen LogP contribution in [0.4, 0.5) is 0 Å². The molecule has 2 saturated carbocycles. The minimum atomic E-state index is -1.00. The highest BCUT2D eigenvalue weighted by Crippen LogP contribution is 2.60. The number of Topliss-reactive ketones (excluding diaryl/α,β-unsaturated/α-hetero) is 1. The number of carbonyl (C=O) groups excluding carboxylic acids is 2. The molecule has 0 radical (unpaired) electrons. The third kappa shape index (κ3) is 7.70.